The third-order valence-corrected chi connectivity index (χ3v) is 5.54. The lowest BCUT2D eigenvalue weighted by Gasteiger charge is -2.47. The van der Waals surface area contributed by atoms with Gasteiger partial charge in [0.15, 0.2) is 0 Å². The van der Waals surface area contributed by atoms with Crippen molar-refractivity contribution < 1.29 is 5.11 Å². The highest BCUT2D eigenvalue weighted by molar-refractivity contribution is 7.07. The highest BCUT2D eigenvalue weighted by atomic mass is 32.1. The van der Waals surface area contributed by atoms with Crippen molar-refractivity contribution >= 4 is 11.3 Å². The Morgan fingerprint density at radius 2 is 2.33 bits per heavy atom. The molecule has 1 N–H and O–H groups in total. The summed E-state index contributed by atoms with van der Waals surface area (Å²) >= 11 is 1.79. The van der Waals surface area contributed by atoms with Gasteiger partial charge in [-0.2, -0.15) is 11.3 Å². The molecule has 0 amide bonds. The van der Waals surface area contributed by atoms with Crippen molar-refractivity contribution in [3.05, 3.63) is 22.4 Å². The summed E-state index contributed by atoms with van der Waals surface area (Å²) in [5.74, 6) is 0.530. The third kappa shape index (κ3) is 2.63. The van der Waals surface area contributed by atoms with E-state index in [9.17, 15) is 5.11 Å². The third-order valence-electron chi connectivity index (χ3n) is 4.81. The first-order valence-electron chi connectivity index (χ1n) is 7.22. The molecule has 0 aromatic carbocycles. The van der Waals surface area contributed by atoms with Gasteiger partial charge in [-0.25, -0.2) is 0 Å². The zero-order valence-corrected chi connectivity index (χ0v) is 11.8. The summed E-state index contributed by atoms with van der Waals surface area (Å²) in [5, 5.41) is 15.0. The predicted octanol–water partition coefficient (Wildman–Crippen LogP) is 2.92. The average Bonchev–Trinajstić information content (AvgIpc) is 2.89. The normalized spacial score (nSPS) is 33.3. The van der Waals surface area contributed by atoms with Gasteiger partial charge in [-0.05, 0) is 48.1 Å². The topological polar surface area (TPSA) is 23.5 Å². The Labute approximate surface area is 114 Å². The summed E-state index contributed by atoms with van der Waals surface area (Å²) in [7, 11) is 0. The molecule has 0 radical (unpaired) electrons. The molecule has 3 rings (SSSR count). The lowest BCUT2D eigenvalue weighted by molar-refractivity contribution is -0.0950. The van der Waals surface area contributed by atoms with Crippen LogP contribution in [0.1, 0.15) is 37.7 Å². The zero-order chi connectivity index (χ0) is 12.4. The van der Waals surface area contributed by atoms with Crippen molar-refractivity contribution in [1.29, 1.82) is 0 Å². The van der Waals surface area contributed by atoms with E-state index in [-0.39, 0.29) is 5.60 Å². The number of likely N-dealkylation sites (tertiary alicyclic amines) is 1. The van der Waals surface area contributed by atoms with Gasteiger partial charge in [0.1, 0.15) is 0 Å². The molecule has 1 saturated carbocycles. The Hall–Kier alpha value is -0.380. The van der Waals surface area contributed by atoms with Crippen LogP contribution in [0.4, 0.5) is 0 Å². The summed E-state index contributed by atoms with van der Waals surface area (Å²) in [5.41, 5.74) is 1.14. The average molecular weight is 265 g/mol. The smallest absolute Gasteiger partial charge is 0.0700 e. The predicted molar refractivity (Wildman–Crippen MR) is 76.0 cm³/mol. The van der Waals surface area contributed by atoms with Crippen molar-refractivity contribution in [1.82, 2.24) is 4.90 Å². The molecule has 2 nitrogen and oxygen atoms in total. The van der Waals surface area contributed by atoms with Gasteiger partial charge in [0.25, 0.3) is 0 Å². The number of rotatable bonds is 3. The molecule has 2 fully saturated rings. The summed E-state index contributed by atoms with van der Waals surface area (Å²) in [4.78, 5) is 2.56. The molecule has 1 aliphatic heterocycles. The number of thiophene rings is 1. The number of aliphatic hydroxyl groups is 1. The number of nitrogens with zero attached hydrogens (tertiary/aromatic N) is 1. The lowest BCUT2D eigenvalue weighted by Crippen LogP contribution is -2.53. The molecule has 100 valence electrons. The van der Waals surface area contributed by atoms with Crippen molar-refractivity contribution in [2.24, 2.45) is 5.92 Å². The van der Waals surface area contributed by atoms with Crippen molar-refractivity contribution in [2.75, 3.05) is 19.6 Å². The molecule has 2 atom stereocenters. The second-order valence-electron chi connectivity index (χ2n) is 5.98. The van der Waals surface area contributed by atoms with E-state index in [1.807, 2.05) is 0 Å². The van der Waals surface area contributed by atoms with Crippen LogP contribution in [0.15, 0.2) is 16.8 Å². The number of fused-ring (bicyclic) bond motifs is 1. The first-order chi connectivity index (χ1) is 8.76. The lowest BCUT2D eigenvalue weighted by atomic mass is 9.71. The van der Waals surface area contributed by atoms with Crippen molar-refractivity contribution in [3.63, 3.8) is 0 Å². The highest BCUT2D eigenvalue weighted by Gasteiger charge is 2.42. The Bertz CT molecular complexity index is 378. The molecule has 2 aliphatic rings. The summed E-state index contributed by atoms with van der Waals surface area (Å²) in [6.07, 6.45) is 6.95. The summed E-state index contributed by atoms with van der Waals surface area (Å²) in [6, 6.07) is 2.23. The Morgan fingerprint density at radius 3 is 3.17 bits per heavy atom. The van der Waals surface area contributed by atoms with Crippen LogP contribution in [0.3, 0.4) is 0 Å². The van der Waals surface area contributed by atoms with E-state index in [0.29, 0.717) is 5.92 Å². The monoisotopic (exact) mass is 265 g/mol. The molecule has 18 heavy (non-hydrogen) atoms. The maximum absolute atomic E-state index is 10.6. The summed E-state index contributed by atoms with van der Waals surface area (Å²) in [6.45, 7) is 3.35. The minimum atomic E-state index is -0.322. The maximum atomic E-state index is 10.6. The molecule has 2 heterocycles. The summed E-state index contributed by atoms with van der Waals surface area (Å²) < 4.78 is 0. The fraction of sp³-hybridized carbons (Fsp3) is 0.733. The number of hydrogen-bond donors (Lipinski definition) is 1. The molecule has 0 bridgehead atoms. The fourth-order valence-electron chi connectivity index (χ4n) is 3.56. The van der Waals surface area contributed by atoms with E-state index in [4.69, 9.17) is 0 Å². The largest absolute Gasteiger partial charge is 0.390 e. The SMILES string of the molecule is OC12CCCCC1CN(CCc1ccsc1)CC2. The van der Waals surface area contributed by atoms with Crippen LogP contribution in [-0.4, -0.2) is 35.2 Å². The second kappa shape index (κ2) is 5.32. The van der Waals surface area contributed by atoms with Gasteiger partial charge in [-0.15, -0.1) is 0 Å². The van der Waals surface area contributed by atoms with Crippen LogP contribution in [0, 0.1) is 5.92 Å². The molecule has 1 aromatic rings. The molecule has 1 aromatic heterocycles. The molecule has 0 spiro atoms. The number of piperidine rings is 1. The Morgan fingerprint density at radius 1 is 1.39 bits per heavy atom. The highest BCUT2D eigenvalue weighted by Crippen LogP contribution is 2.39. The fourth-order valence-corrected chi connectivity index (χ4v) is 4.27. The first kappa shape index (κ1) is 12.6. The molecule has 3 heteroatoms. The standard InChI is InChI=1S/C15H23NOS/c17-15-6-2-1-3-14(15)11-16(9-7-15)8-4-13-5-10-18-12-13/h5,10,12,14,17H,1-4,6-9,11H2. The van der Waals surface area contributed by atoms with E-state index < -0.39 is 0 Å². The minimum Gasteiger partial charge on any atom is -0.390 e. The van der Waals surface area contributed by atoms with Crippen LogP contribution in [0.2, 0.25) is 0 Å². The Balaban J connectivity index is 1.54. The van der Waals surface area contributed by atoms with E-state index in [0.717, 1.165) is 38.9 Å². The minimum absolute atomic E-state index is 0.322. The zero-order valence-electron chi connectivity index (χ0n) is 11.0. The van der Waals surface area contributed by atoms with Gasteiger partial charge in [0, 0.05) is 25.6 Å². The Kier molecular flexibility index (Phi) is 3.73. The van der Waals surface area contributed by atoms with Crippen LogP contribution < -0.4 is 0 Å². The van der Waals surface area contributed by atoms with Gasteiger partial charge >= 0.3 is 0 Å². The van der Waals surface area contributed by atoms with Crippen LogP contribution in [0.25, 0.3) is 0 Å². The van der Waals surface area contributed by atoms with Crippen molar-refractivity contribution in [3.8, 4) is 0 Å². The van der Waals surface area contributed by atoms with E-state index in [1.165, 1.54) is 24.8 Å². The van der Waals surface area contributed by atoms with Gasteiger partial charge in [0.2, 0.25) is 0 Å². The first-order valence-corrected chi connectivity index (χ1v) is 8.16. The molecular weight excluding hydrogens is 242 g/mol. The molecule has 1 saturated heterocycles. The van der Waals surface area contributed by atoms with Crippen LogP contribution in [0.5, 0.6) is 0 Å². The van der Waals surface area contributed by atoms with Gasteiger partial charge in [-0.1, -0.05) is 12.8 Å². The second-order valence-corrected chi connectivity index (χ2v) is 6.76. The van der Waals surface area contributed by atoms with Gasteiger partial charge in [0.05, 0.1) is 5.60 Å². The van der Waals surface area contributed by atoms with E-state index in [2.05, 4.69) is 21.7 Å². The van der Waals surface area contributed by atoms with Crippen LogP contribution >= 0.6 is 11.3 Å². The molecule has 1 aliphatic carbocycles. The number of hydrogen-bond acceptors (Lipinski definition) is 3. The van der Waals surface area contributed by atoms with Gasteiger partial charge in [-0.3, -0.25) is 0 Å². The maximum Gasteiger partial charge on any atom is 0.0700 e. The molecule has 2 unspecified atom stereocenters. The van der Waals surface area contributed by atoms with Gasteiger partial charge < -0.3 is 10.0 Å². The van der Waals surface area contributed by atoms with E-state index >= 15 is 0 Å². The quantitative estimate of drug-likeness (QED) is 0.908. The van der Waals surface area contributed by atoms with Crippen molar-refractivity contribution in [2.45, 2.75) is 44.1 Å². The van der Waals surface area contributed by atoms with E-state index in [1.54, 1.807) is 11.3 Å². The van der Waals surface area contributed by atoms with Crippen LogP contribution in [-0.2, 0) is 6.42 Å². The molecular formula is C15H23NOS.